The molecule has 0 saturated carbocycles. The number of aromatic nitrogens is 2. The van der Waals surface area contributed by atoms with Gasteiger partial charge >= 0.3 is 6.18 Å². The van der Waals surface area contributed by atoms with Crippen LogP contribution in [0.3, 0.4) is 0 Å². The van der Waals surface area contributed by atoms with E-state index in [1.54, 1.807) is 37.3 Å². The summed E-state index contributed by atoms with van der Waals surface area (Å²) in [6.45, 7) is 0.357. The molecule has 2 heterocycles. The Morgan fingerprint density at radius 2 is 1.82 bits per heavy atom. The van der Waals surface area contributed by atoms with Crippen LogP contribution in [0.2, 0.25) is 0 Å². The van der Waals surface area contributed by atoms with Gasteiger partial charge in [0.15, 0.2) is 22.2 Å². The minimum absolute atomic E-state index is 0.0147. The van der Waals surface area contributed by atoms with E-state index >= 15 is 0 Å². The van der Waals surface area contributed by atoms with E-state index in [2.05, 4.69) is 5.10 Å². The number of halogens is 4. The van der Waals surface area contributed by atoms with Gasteiger partial charge in [0.05, 0.1) is 22.7 Å². The van der Waals surface area contributed by atoms with Crippen LogP contribution in [0.25, 0.3) is 27.8 Å². The lowest BCUT2D eigenvalue weighted by molar-refractivity contribution is -0.153. The molecular formula is C28H24F4N2O4S. The van der Waals surface area contributed by atoms with Gasteiger partial charge in [-0.2, -0.15) is 18.3 Å². The van der Waals surface area contributed by atoms with E-state index in [1.807, 2.05) is 0 Å². The first-order chi connectivity index (χ1) is 18.3. The van der Waals surface area contributed by atoms with Gasteiger partial charge in [-0.3, -0.25) is 4.79 Å². The second kappa shape index (κ2) is 9.78. The lowest BCUT2D eigenvalue weighted by Gasteiger charge is -2.20. The van der Waals surface area contributed by atoms with Crippen LogP contribution in [0.15, 0.2) is 66.7 Å². The topological polar surface area (TPSA) is 78.3 Å². The molecule has 1 saturated heterocycles. The highest BCUT2D eigenvalue weighted by molar-refractivity contribution is 7.91. The van der Waals surface area contributed by atoms with E-state index in [9.17, 15) is 30.8 Å². The maximum atomic E-state index is 13.6. The van der Waals surface area contributed by atoms with Crippen LogP contribution in [0, 0.1) is 11.2 Å². The smallest absolute Gasteiger partial charge is 0.422 e. The summed E-state index contributed by atoms with van der Waals surface area (Å²) in [6, 6.07) is 16.6. The summed E-state index contributed by atoms with van der Waals surface area (Å²) < 4.78 is 82.0. The van der Waals surface area contributed by atoms with Gasteiger partial charge in [-0.1, -0.05) is 25.1 Å². The van der Waals surface area contributed by atoms with Crippen molar-refractivity contribution in [3.63, 3.8) is 0 Å². The summed E-state index contributed by atoms with van der Waals surface area (Å²) in [6.07, 6.45) is -4.02. The number of carbonyl (C=O) groups is 1. The van der Waals surface area contributed by atoms with Gasteiger partial charge in [0.25, 0.3) is 0 Å². The molecule has 1 unspecified atom stereocenters. The van der Waals surface area contributed by atoms with E-state index < -0.39 is 33.9 Å². The Bertz CT molecular complexity index is 1660. The first kappa shape index (κ1) is 26.9. The Balaban J connectivity index is 1.56. The molecule has 1 aliphatic heterocycles. The van der Waals surface area contributed by atoms with Gasteiger partial charge in [0, 0.05) is 22.9 Å². The number of ketones is 1. The fourth-order valence-electron chi connectivity index (χ4n) is 4.89. The van der Waals surface area contributed by atoms with Crippen molar-refractivity contribution in [2.45, 2.75) is 25.9 Å². The van der Waals surface area contributed by atoms with Crippen LogP contribution >= 0.6 is 0 Å². The average Bonchev–Trinajstić information content (AvgIpc) is 3.38. The molecule has 204 valence electrons. The fraction of sp³-hybridized carbons (Fsp3) is 0.286. The molecule has 0 amide bonds. The van der Waals surface area contributed by atoms with E-state index in [4.69, 9.17) is 4.74 Å². The molecule has 3 aromatic carbocycles. The molecule has 0 N–H and O–H groups in total. The molecule has 1 aromatic heterocycles. The van der Waals surface area contributed by atoms with Crippen LogP contribution < -0.4 is 4.74 Å². The Hall–Kier alpha value is -3.73. The van der Waals surface area contributed by atoms with Crippen molar-refractivity contribution in [1.82, 2.24) is 9.78 Å². The molecule has 1 aliphatic rings. The van der Waals surface area contributed by atoms with E-state index in [-0.39, 0.29) is 29.5 Å². The van der Waals surface area contributed by atoms with Crippen molar-refractivity contribution in [3.05, 3.63) is 78.1 Å². The number of rotatable bonds is 7. The first-order valence-electron chi connectivity index (χ1n) is 12.1. The monoisotopic (exact) mass is 560 g/mol. The van der Waals surface area contributed by atoms with Crippen molar-refractivity contribution in [1.29, 1.82) is 0 Å². The summed E-state index contributed by atoms with van der Waals surface area (Å²) in [5.74, 6) is -0.630. The molecule has 0 radical (unpaired) electrons. The number of carbonyl (C=O) groups excluding carboxylic acids is 1. The Morgan fingerprint density at radius 3 is 2.49 bits per heavy atom. The molecule has 6 nitrogen and oxygen atoms in total. The molecule has 5 rings (SSSR count). The van der Waals surface area contributed by atoms with Crippen molar-refractivity contribution < 1.29 is 35.5 Å². The lowest BCUT2D eigenvalue weighted by atomic mass is 9.83. The Kier molecular flexibility index (Phi) is 6.74. The fourth-order valence-corrected chi connectivity index (χ4v) is 7.14. The standard InChI is InChI=1S/C28H24F4N2O4S/c1-27(11-12-39(36,37)17-27)15-25(35)18-5-10-23-24(14-18)34(21-8-6-20(29)7-9-21)33-26(23)19-3-2-4-22(13-19)38-16-28(30,31)32/h2-10,13-14H,11-12,15-17H2,1H3. The van der Waals surface area contributed by atoms with Gasteiger partial charge in [-0.15, -0.1) is 0 Å². The highest BCUT2D eigenvalue weighted by Gasteiger charge is 2.40. The third kappa shape index (κ3) is 5.98. The maximum Gasteiger partial charge on any atom is 0.422 e. The van der Waals surface area contributed by atoms with Crippen molar-refractivity contribution in [3.8, 4) is 22.7 Å². The molecule has 1 fully saturated rings. The summed E-state index contributed by atoms with van der Waals surface area (Å²) in [5, 5.41) is 5.28. The van der Waals surface area contributed by atoms with E-state index in [1.165, 1.54) is 41.1 Å². The molecule has 4 aromatic rings. The Morgan fingerprint density at radius 1 is 1.08 bits per heavy atom. The van der Waals surface area contributed by atoms with Crippen LogP contribution in [0.5, 0.6) is 5.75 Å². The minimum atomic E-state index is -4.49. The second-order valence-electron chi connectivity index (χ2n) is 10.2. The van der Waals surface area contributed by atoms with Gasteiger partial charge in [-0.05, 0) is 60.4 Å². The van der Waals surface area contributed by atoms with Gasteiger partial charge in [0.2, 0.25) is 0 Å². The summed E-state index contributed by atoms with van der Waals surface area (Å²) in [4.78, 5) is 13.2. The molecule has 11 heteroatoms. The van der Waals surface area contributed by atoms with Crippen LogP contribution in [0.4, 0.5) is 17.6 Å². The van der Waals surface area contributed by atoms with Gasteiger partial charge in [0.1, 0.15) is 17.3 Å². The van der Waals surface area contributed by atoms with Crippen LogP contribution in [-0.4, -0.2) is 48.3 Å². The van der Waals surface area contributed by atoms with Gasteiger partial charge in [-0.25, -0.2) is 17.5 Å². The first-order valence-corrected chi connectivity index (χ1v) is 14.0. The molecule has 1 atom stereocenters. The van der Waals surface area contributed by atoms with Crippen LogP contribution in [0.1, 0.15) is 30.1 Å². The molecule has 39 heavy (non-hydrogen) atoms. The highest BCUT2D eigenvalue weighted by atomic mass is 32.2. The summed E-state index contributed by atoms with van der Waals surface area (Å²) >= 11 is 0. The number of fused-ring (bicyclic) bond motifs is 1. The minimum Gasteiger partial charge on any atom is -0.484 e. The lowest BCUT2D eigenvalue weighted by Crippen LogP contribution is -2.22. The number of hydrogen-bond acceptors (Lipinski definition) is 5. The normalized spacial score (nSPS) is 18.9. The van der Waals surface area contributed by atoms with E-state index in [0.29, 0.717) is 39.8 Å². The number of benzene rings is 3. The second-order valence-corrected chi connectivity index (χ2v) is 12.3. The number of ether oxygens (including phenoxy) is 1. The maximum absolute atomic E-state index is 13.6. The Labute approximate surface area is 222 Å². The predicted molar refractivity (Wildman–Crippen MR) is 138 cm³/mol. The zero-order valence-electron chi connectivity index (χ0n) is 20.8. The van der Waals surface area contributed by atoms with E-state index in [0.717, 1.165) is 0 Å². The number of nitrogens with zero attached hydrogens (tertiary/aromatic N) is 2. The molecular weight excluding hydrogens is 536 g/mol. The van der Waals surface area contributed by atoms with Crippen molar-refractivity contribution in [2.24, 2.45) is 5.41 Å². The average molecular weight is 561 g/mol. The zero-order valence-corrected chi connectivity index (χ0v) is 21.7. The number of sulfone groups is 1. The molecule has 0 aliphatic carbocycles. The predicted octanol–water partition coefficient (Wildman–Crippen LogP) is 6.17. The SMILES string of the molecule is CC1(CC(=O)c2ccc3c(-c4cccc(OCC(F)(F)F)c4)nn(-c4ccc(F)cc4)c3c2)CCS(=O)(=O)C1. The molecule has 0 bridgehead atoms. The van der Waals surface area contributed by atoms with Crippen molar-refractivity contribution >= 4 is 26.5 Å². The van der Waals surface area contributed by atoms with Gasteiger partial charge < -0.3 is 4.74 Å². The quantitative estimate of drug-likeness (QED) is 0.200. The summed E-state index contributed by atoms with van der Waals surface area (Å²) in [5.41, 5.74) is 1.67. The van der Waals surface area contributed by atoms with Crippen LogP contribution in [-0.2, 0) is 9.84 Å². The largest absolute Gasteiger partial charge is 0.484 e. The summed E-state index contributed by atoms with van der Waals surface area (Å²) in [7, 11) is -3.18. The number of alkyl halides is 3. The third-order valence-electron chi connectivity index (χ3n) is 6.76. The third-order valence-corrected chi connectivity index (χ3v) is 8.72. The highest BCUT2D eigenvalue weighted by Crippen LogP contribution is 2.37. The molecule has 0 spiro atoms. The van der Waals surface area contributed by atoms with Crippen molar-refractivity contribution in [2.75, 3.05) is 18.1 Å². The zero-order chi connectivity index (χ0) is 28.0. The number of Topliss-reactive ketones (excluding diaryl/α,β-unsaturated/α-hetero) is 1. The number of hydrogen-bond donors (Lipinski definition) is 0.